The molecule has 0 heterocycles. The first-order valence-corrected chi connectivity index (χ1v) is 6.38. The standard InChI is InChI=1S/C16H16N2O3/c1-11-5-3-4-6-14(11)16(20)18-17-10-12-9-13(21-2)7-8-15(12)19/h3-10,19H,1-2H3,(H,18,20)/b17-10+. The van der Waals surface area contributed by atoms with E-state index in [1.54, 1.807) is 24.3 Å². The van der Waals surface area contributed by atoms with Gasteiger partial charge < -0.3 is 9.84 Å². The van der Waals surface area contributed by atoms with Gasteiger partial charge in [0.15, 0.2) is 0 Å². The molecule has 0 radical (unpaired) electrons. The van der Waals surface area contributed by atoms with Crippen LogP contribution in [-0.2, 0) is 0 Å². The molecule has 2 N–H and O–H groups in total. The number of methoxy groups -OCH3 is 1. The molecule has 0 bridgehead atoms. The van der Waals surface area contributed by atoms with E-state index in [2.05, 4.69) is 10.5 Å². The Morgan fingerprint density at radius 3 is 2.76 bits per heavy atom. The van der Waals surface area contributed by atoms with Crippen LogP contribution in [0.5, 0.6) is 11.5 Å². The molecule has 1 amide bonds. The van der Waals surface area contributed by atoms with Crippen LogP contribution in [-0.4, -0.2) is 24.3 Å². The molecule has 0 fully saturated rings. The molecule has 0 spiro atoms. The third kappa shape index (κ3) is 3.60. The van der Waals surface area contributed by atoms with Crippen LogP contribution in [0.25, 0.3) is 0 Å². The van der Waals surface area contributed by atoms with E-state index in [-0.39, 0.29) is 11.7 Å². The number of phenolic OH excluding ortho intramolecular Hbond substituents is 1. The SMILES string of the molecule is COc1ccc(O)c(/C=N/NC(=O)c2ccccc2C)c1. The number of rotatable bonds is 4. The summed E-state index contributed by atoms with van der Waals surface area (Å²) in [7, 11) is 1.53. The summed E-state index contributed by atoms with van der Waals surface area (Å²) in [5.74, 6) is 0.357. The summed E-state index contributed by atoms with van der Waals surface area (Å²) in [5.41, 5.74) is 4.32. The molecule has 2 rings (SSSR count). The predicted molar refractivity (Wildman–Crippen MR) is 80.9 cm³/mol. The molecule has 2 aromatic rings. The van der Waals surface area contributed by atoms with Crippen LogP contribution < -0.4 is 10.2 Å². The first-order valence-electron chi connectivity index (χ1n) is 6.38. The first kappa shape index (κ1) is 14.6. The van der Waals surface area contributed by atoms with E-state index < -0.39 is 0 Å². The van der Waals surface area contributed by atoms with Gasteiger partial charge in [-0.05, 0) is 36.8 Å². The summed E-state index contributed by atoms with van der Waals surface area (Å²) in [6.45, 7) is 1.85. The topological polar surface area (TPSA) is 70.9 Å². The van der Waals surface area contributed by atoms with Crippen molar-refractivity contribution in [3.05, 3.63) is 59.2 Å². The number of hydrazone groups is 1. The number of aromatic hydroxyl groups is 1. The van der Waals surface area contributed by atoms with Crippen LogP contribution >= 0.6 is 0 Å². The Bertz CT molecular complexity index is 681. The highest BCUT2D eigenvalue weighted by molar-refractivity contribution is 5.96. The molecule has 0 atom stereocenters. The van der Waals surface area contributed by atoms with Crippen LogP contribution in [0.2, 0.25) is 0 Å². The summed E-state index contributed by atoms with van der Waals surface area (Å²) in [6, 6.07) is 12.0. The monoisotopic (exact) mass is 284 g/mol. The van der Waals surface area contributed by atoms with Crippen molar-refractivity contribution in [1.82, 2.24) is 5.43 Å². The highest BCUT2D eigenvalue weighted by Crippen LogP contribution is 2.20. The number of phenols is 1. The van der Waals surface area contributed by atoms with Gasteiger partial charge in [0.25, 0.3) is 5.91 Å². The van der Waals surface area contributed by atoms with Gasteiger partial charge in [0.1, 0.15) is 11.5 Å². The fourth-order valence-corrected chi connectivity index (χ4v) is 1.81. The quantitative estimate of drug-likeness (QED) is 0.669. The van der Waals surface area contributed by atoms with Gasteiger partial charge in [-0.15, -0.1) is 0 Å². The molecule has 0 aliphatic carbocycles. The molecule has 2 aromatic carbocycles. The molecular weight excluding hydrogens is 268 g/mol. The predicted octanol–water partition coefficient (Wildman–Crippen LogP) is 2.47. The third-order valence-corrected chi connectivity index (χ3v) is 2.99. The van der Waals surface area contributed by atoms with Gasteiger partial charge in [-0.1, -0.05) is 18.2 Å². The Labute approximate surface area is 122 Å². The second-order valence-electron chi connectivity index (χ2n) is 4.44. The smallest absolute Gasteiger partial charge is 0.271 e. The number of carbonyl (C=O) groups is 1. The maximum Gasteiger partial charge on any atom is 0.271 e. The number of hydrogen-bond acceptors (Lipinski definition) is 4. The van der Waals surface area contributed by atoms with E-state index in [4.69, 9.17) is 4.74 Å². The number of aryl methyl sites for hydroxylation is 1. The number of amides is 1. The van der Waals surface area contributed by atoms with E-state index in [1.807, 2.05) is 19.1 Å². The molecule has 0 aliphatic rings. The summed E-state index contributed by atoms with van der Waals surface area (Å²) < 4.78 is 5.06. The van der Waals surface area contributed by atoms with E-state index in [0.717, 1.165) is 5.56 Å². The van der Waals surface area contributed by atoms with Crippen molar-refractivity contribution in [3.8, 4) is 11.5 Å². The normalized spacial score (nSPS) is 10.6. The molecule has 21 heavy (non-hydrogen) atoms. The van der Waals surface area contributed by atoms with Crippen molar-refractivity contribution in [3.63, 3.8) is 0 Å². The lowest BCUT2D eigenvalue weighted by Crippen LogP contribution is -2.18. The second-order valence-corrected chi connectivity index (χ2v) is 4.44. The van der Waals surface area contributed by atoms with Gasteiger partial charge in [0.2, 0.25) is 0 Å². The van der Waals surface area contributed by atoms with Crippen molar-refractivity contribution in [2.24, 2.45) is 5.10 Å². The van der Waals surface area contributed by atoms with Gasteiger partial charge >= 0.3 is 0 Å². The first-order chi connectivity index (χ1) is 10.1. The van der Waals surface area contributed by atoms with Gasteiger partial charge in [-0.25, -0.2) is 5.43 Å². The zero-order valence-corrected chi connectivity index (χ0v) is 11.8. The zero-order valence-electron chi connectivity index (χ0n) is 11.8. The van der Waals surface area contributed by atoms with Gasteiger partial charge in [0.05, 0.1) is 13.3 Å². The van der Waals surface area contributed by atoms with Crippen molar-refractivity contribution < 1.29 is 14.6 Å². The second kappa shape index (κ2) is 6.56. The van der Waals surface area contributed by atoms with E-state index >= 15 is 0 Å². The number of nitrogens with one attached hydrogen (secondary N) is 1. The fraction of sp³-hybridized carbons (Fsp3) is 0.125. The molecule has 0 saturated heterocycles. The summed E-state index contributed by atoms with van der Waals surface area (Å²) in [5, 5.41) is 13.6. The molecule has 0 aliphatic heterocycles. The van der Waals surface area contributed by atoms with Crippen LogP contribution in [0.4, 0.5) is 0 Å². The molecule has 5 heteroatoms. The van der Waals surface area contributed by atoms with Crippen LogP contribution in [0.3, 0.4) is 0 Å². The number of hydrogen-bond donors (Lipinski definition) is 2. The van der Waals surface area contributed by atoms with Crippen LogP contribution in [0.15, 0.2) is 47.6 Å². The Morgan fingerprint density at radius 1 is 1.29 bits per heavy atom. The molecular formula is C16H16N2O3. The molecule has 0 unspecified atom stereocenters. The number of nitrogens with zero attached hydrogens (tertiary/aromatic N) is 1. The average Bonchev–Trinajstić information content (AvgIpc) is 2.49. The highest BCUT2D eigenvalue weighted by atomic mass is 16.5. The molecule has 0 saturated carbocycles. The highest BCUT2D eigenvalue weighted by Gasteiger charge is 2.06. The third-order valence-electron chi connectivity index (χ3n) is 2.99. The van der Waals surface area contributed by atoms with Crippen LogP contribution in [0, 0.1) is 6.92 Å². The molecule has 108 valence electrons. The minimum atomic E-state index is -0.299. The number of ether oxygens (including phenoxy) is 1. The minimum absolute atomic E-state index is 0.0599. The summed E-state index contributed by atoms with van der Waals surface area (Å²) >= 11 is 0. The Balaban J connectivity index is 2.09. The number of carbonyl (C=O) groups excluding carboxylic acids is 1. The van der Waals surface area contributed by atoms with E-state index in [0.29, 0.717) is 16.9 Å². The Hall–Kier alpha value is -2.82. The van der Waals surface area contributed by atoms with Crippen molar-refractivity contribution in [2.45, 2.75) is 6.92 Å². The number of benzene rings is 2. The lowest BCUT2D eigenvalue weighted by Gasteiger charge is -2.04. The average molecular weight is 284 g/mol. The summed E-state index contributed by atoms with van der Waals surface area (Å²) in [6.07, 6.45) is 1.37. The minimum Gasteiger partial charge on any atom is -0.507 e. The van der Waals surface area contributed by atoms with Gasteiger partial charge in [-0.2, -0.15) is 5.10 Å². The molecule has 0 aromatic heterocycles. The summed E-state index contributed by atoms with van der Waals surface area (Å²) in [4.78, 5) is 12.0. The van der Waals surface area contributed by atoms with Gasteiger partial charge in [-0.3, -0.25) is 4.79 Å². The lowest BCUT2D eigenvalue weighted by atomic mass is 10.1. The van der Waals surface area contributed by atoms with E-state index in [1.165, 1.54) is 19.4 Å². The fourth-order valence-electron chi connectivity index (χ4n) is 1.81. The largest absolute Gasteiger partial charge is 0.507 e. The zero-order chi connectivity index (χ0) is 15.2. The Kier molecular flexibility index (Phi) is 4.56. The molecule has 5 nitrogen and oxygen atoms in total. The maximum absolute atomic E-state index is 12.0. The Morgan fingerprint density at radius 2 is 2.05 bits per heavy atom. The lowest BCUT2D eigenvalue weighted by molar-refractivity contribution is 0.0954. The van der Waals surface area contributed by atoms with Crippen molar-refractivity contribution in [2.75, 3.05) is 7.11 Å². The van der Waals surface area contributed by atoms with E-state index in [9.17, 15) is 9.90 Å². The van der Waals surface area contributed by atoms with Crippen LogP contribution in [0.1, 0.15) is 21.5 Å². The maximum atomic E-state index is 12.0. The van der Waals surface area contributed by atoms with Gasteiger partial charge in [0, 0.05) is 11.1 Å². The van der Waals surface area contributed by atoms with Crippen molar-refractivity contribution >= 4 is 12.1 Å². The van der Waals surface area contributed by atoms with Crippen molar-refractivity contribution in [1.29, 1.82) is 0 Å².